The zero-order valence-corrected chi connectivity index (χ0v) is 12.0. The first-order chi connectivity index (χ1) is 9.28. The molecule has 1 aliphatic rings. The van der Waals surface area contributed by atoms with Gasteiger partial charge in [-0.25, -0.2) is 0 Å². The van der Waals surface area contributed by atoms with E-state index in [1.165, 1.54) is 17.5 Å². The van der Waals surface area contributed by atoms with Crippen molar-refractivity contribution in [1.29, 1.82) is 0 Å². The number of aryl methyl sites for hydroxylation is 1. The van der Waals surface area contributed by atoms with E-state index in [0.717, 1.165) is 38.1 Å². The molecule has 1 aromatic carbocycles. The number of fused-ring (bicyclic) bond motifs is 1. The predicted octanol–water partition coefficient (Wildman–Crippen LogP) is 2.90. The normalized spacial score (nSPS) is 17.9. The molecule has 102 valence electrons. The summed E-state index contributed by atoms with van der Waals surface area (Å²) in [6, 6.07) is 7.03. The molecule has 1 atom stereocenters. The summed E-state index contributed by atoms with van der Waals surface area (Å²) in [5.41, 5.74) is 2.89. The standard InChI is InChI=1S/C17H23NO/c1-4-10-18(11-5-2)16-8-6-14-7-9-17(19-3)13-15(14)12-16/h1,7,9,13,16H,5-6,8,10-12H2,2-3H3. The highest BCUT2D eigenvalue weighted by atomic mass is 16.5. The molecule has 0 fully saturated rings. The van der Waals surface area contributed by atoms with Crippen LogP contribution in [0.2, 0.25) is 0 Å². The maximum Gasteiger partial charge on any atom is 0.119 e. The van der Waals surface area contributed by atoms with E-state index in [4.69, 9.17) is 11.2 Å². The number of terminal acetylenes is 1. The molecular formula is C17H23NO. The Morgan fingerprint density at radius 2 is 2.26 bits per heavy atom. The van der Waals surface area contributed by atoms with Crippen LogP contribution in [-0.4, -0.2) is 31.1 Å². The summed E-state index contributed by atoms with van der Waals surface area (Å²) in [7, 11) is 1.73. The lowest BCUT2D eigenvalue weighted by Gasteiger charge is -2.34. The molecule has 0 aromatic heterocycles. The first-order valence-electron chi connectivity index (χ1n) is 7.11. The van der Waals surface area contributed by atoms with E-state index < -0.39 is 0 Å². The van der Waals surface area contributed by atoms with Crippen LogP contribution in [0, 0.1) is 12.3 Å². The third-order valence-corrected chi connectivity index (χ3v) is 3.94. The van der Waals surface area contributed by atoms with Gasteiger partial charge in [0.2, 0.25) is 0 Å². The molecule has 0 radical (unpaired) electrons. The molecule has 0 saturated carbocycles. The number of hydrogen-bond donors (Lipinski definition) is 0. The highest BCUT2D eigenvalue weighted by Gasteiger charge is 2.23. The van der Waals surface area contributed by atoms with E-state index in [0.29, 0.717) is 6.04 Å². The smallest absolute Gasteiger partial charge is 0.119 e. The van der Waals surface area contributed by atoms with Crippen LogP contribution in [0.1, 0.15) is 30.9 Å². The van der Waals surface area contributed by atoms with Crippen molar-refractivity contribution in [2.75, 3.05) is 20.2 Å². The number of rotatable bonds is 5. The number of nitrogens with zero attached hydrogens (tertiary/aromatic N) is 1. The average molecular weight is 257 g/mol. The van der Waals surface area contributed by atoms with Crippen molar-refractivity contribution < 1.29 is 4.74 Å². The fourth-order valence-corrected chi connectivity index (χ4v) is 2.95. The van der Waals surface area contributed by atoms with E-state index >= 15 is 0 Å². The number of hydrogen-bond acceptors (Lipinski definition) is 2. The summed E-state index contributed by atoms with van der Waals surface area (Å²) < 4.78 is 5.33. The van der Waals surface area contributed by atoms with E-state index in [1.54, 1.807) is 7.11 Å². The van der Waals surface area contributed by atoms with Crippen LogP contribution in [0.4, 0.5) is 0 Å². The summed E-state index contributed by atoms with van der Waals surface area (Å²) >= 11 is 0. The molecule has 0 spiro atoms. The van der Waals surface area contributed by atoms with E-state index in [1.807, 2.05) is 0 Å². The van der Waals surface area contributed by atoms with Crippen LogP contribution in [0.15, 0.2) is 18.2 Å². The fourth-order valence-electron chi connectivity index (χ4n) is 2.95. The van der Waals surface area contributed by atoms with Crippen molar-refractivity contribution in [3.63, 3.8) is 0 Å². The summed E-state index contributed by atoms with van der Waals surface area (Å²) in [5.74, 6) is 3.75. The third-order valence-electron chi connectivity index (χ3n) is 3.94. The SMILES string of the molecule is C#CCN(CCC)C1CCc2ccc(OC)cc2C1. The first kappa shape index (κ1) is 14.0. The number of ether oxygens (including phenoxy) is 1. The van der Waals surface area contributed by atoms with Gasteiger partial charge in [-0.05, 0) is 55.5 Å². The second-order valence-corrected chi connectivity index (χ2v) is 5.21. The summed E-state index contributed by atoms with van der Waals surface area (Å²) in [4.78, 5) is 2.45. The van der Waals surface area contributed by atoms with Crippen molar-refractivity contribution in [1.82, 2.24) is 4.90 Å². The van der Waals surface area contributed by atoms with Gasteiger partial charge < -0.3 is 4.74 Å². The van der Waals surface area contributed by atoms with E-state index in [-0.39, 0.29) is 0 Å². The quantitative estimate of drug-likeness (QED) is 0.752. The molecule has 0 amide bonds. The van der Waals surface area contributed by atoms with Gasteiger partial charge in [0.25, 0.3) is 0 Å². The third kappa shape index (κ3) is 3.30. The Labute approximate surface area is 116 Å². The lowest BCUT2D eigenvalue weighted by atomic mass is 9.87. The molecule has 1 aliphatic carbocycles. The molecule has 19 heavy (non-hydrogen) atoms. The minimum absolute atomic E-state index is 0.579. The second kappa shape index (κ2) is 6.63. The van der Waals surface area contributed by atoms with Crippen molar-refractivity contribution in [3.8, 4) is 18.1 Å². The Morgan fingerprint density at radius 3 is 2.95 bits per heavy atom. The molecule has 2 nitrogen and oxygen atoms in total. The van der Waals surface area contributed by atoms with Gasteiger partial charge in [-0.1, -0.05) is 18.9 Å². The molecule has 0 heterocycles. The molecule has 0 aliphatic heterocycles. The molecule has 2 rings (SSSR count). The molecule has 0 saturated heterocycles. The second-order valence-electron chi connectivity index (χ2n) is 5.21. The van der Waals surface area contributed by atoms with Gasteiger partial charge >= 0.3 is 0 Å². The van der Waals surface area contributed by atoms with Gasteiger partial charge in [0.05, 0.1) is 13.7 Å². The van der Waals surface area contributed by atoms with Gasteiger partial charge in [0.1, 0.15) is 5.75 Å². The van der Waals surface area contributed by atoms with Crippen LogP contribution in [0.3, 0.4) is 0 Å². The van der Waals surface area contributed by atoms with Crippen LogP contribution < -0.4 is 4.74 Å². The van der Waals surface area contributed by atoms with Gasteiger partial charge in [0, 0.05) is 6.04 Å². The van der Waals surface area contributed by atoms with Gasteiger partial charge in [-0.3, -0.25) is 4.90 Å². The Bertz CT molecular complexity index is 461. The summed E-state index contributed by atoms with van der Waals surface area (Å²) in [5, 5.41) is 0. The zero-order chi connectivity index (χ0) is 13.7. The monoisotopic (exact) mass is 257 g/mol. The molecular weight excluding hydrogens is 234 g/mol. The van der Waals surface area contributed by atoms with Crippen molar-refractivity contribution in [3.05, 3.63) is 29.3 Å². The largest absolute Gasteiger partial charge is 0.497 e. The molecule has 2 heteroatoms. The Hall–Kier alpha value is -1.46. The van der Waals surface area contributed by atoms with E-state index in [2.05, 4.69) is 35.9 Å². The van der Waals surface area contributed by atoms with Crippen LogP contribution >= 0.6 is 0 Å². The Kier molecular flexibility index (Phi) is 4.87. The number of methoxy groups -OCH3 is 1. The molecule has 0 bridgehead atoms. The predicted molar refractivity (Wildman–Crippen MR) is 79.5 cm³/mol. The highest BCUT2D eigenvalue weighted by Crippen LogP contribution is 2.27. The lowest BCUT2D eigenvalue weighted by Crippen LogP contribution is -2.40. The summed E-state index contributed by atoms with van der Waals surface area (Å²) in [6.07, 6.45) is 10.1. The van der Waals surface area contributed by atoms with E-state index in [9.17, 15) is 0 Å². The Balaban J connectivity index is 2.13. The maximum absolute atomic E-state index is 5.49. The number of benzene rings is 1. The van der Waals surface area contributed by atoms with Crippen LogP contribution in [-0.2, 0) is 12.8 Å². The van der Waals surface area contributed by atoms with Gasteiger partial charge in [0.15, 0.2) is 0 Å². The lowest BCUT2D eigenvalue weighted by molar-refractivity contribution is 0.202. The minimum atomic E-state index is 0.579. The van der Waals surface area contributed by atoms with Crippen molar-refractivity contribution in [2.24, 2.45) is 0 Å². The average Bonchev–Trinajstić information content (AvgIpc) is 2.46. The van der Waals surface area contributed by atoms with Crippen molar-refractivity contribution >= 4 is 0 Å². The molecule has 0 N–H and O–H groups in total. The summed E-state index contributed by atoms with van der Waals surface area (Å²) in [6.45, 7) is 4.06. The molecule has 1 unspecified atom stereocenters. The van der Waals surface area contributed by atoms with Crippen LogP contribution in [0.25, 0.3) is 0 Å². The Morgan fingerprint density at radius 1 is 1.42 bits per heavy atom. The minimum Gasteiger partial charge on any atom is -0.497 e. The van der Waals surface area contributed by atoms with Gasteiger partial charge in [-0.15, -0.1) is 6.42 Å². The maximum atomic E-state index is 5.49. The van der Waals surface area contributed by atoms with Crippen molar-refractivity contribution in [2.45, 2.75) is 38.6 Å². The topological polar surface area (TPSA) is 12.5 Å². The molecule has 1 aromatic rings. The fraction of sp³-hybridized carbons (Fsp3) is 0.529. The zero-order valence-electron chi connectivity index (χ0n) is 12.0. The first-order valence-corrected chi connectivity index (χ1v) is 7.11. The van der Waals surface area contributed by atoms with Gasteiger partial charge in [-0.2, -0.15) is 0 Å². The van der Waals surface area contributed by atoms with Crippen LogP contribution in [0.5, 0.6) is 5.75 Å². The highest BCUT2D eigenvalue weighted by molar-refractivity contribution is 5.38.